The maximum atomic E-state index is 15.4. The van der Waals surface area contributed by atoms with E-state index in [1.807, 2.05) is 24.3 Å². The summed E-state index contributed by atoms with van der Waals surface area (Å²) < 4.78 is 52.0. The highest BCUT2D eigenvalue weighted by molar-refractivity contribution is 6.33. The number of pyridine rings is 1. The van der Waals surface area contributed by atoms with Gasteiger partial charge in [-0.15, -0.1) is 0 Å². The number of nitrogens with zero attached hydrogens (tertiary/aromatic N) is 4. The second-order valence-corrected chi connectivity index (χ2v) is 17.1. The molecular weight excluding hydrogens is 886 g/mol. The minimum atomic E-state index is -4.77. The monoisotopic (exact) mass is 919 g/mol. The van der Waals surface area contributed by atoms with Crippen LogP contribution in [0.25, 0.3) is 28.6 Å². The molecule has 6 unspecified atom stereocenters. The van der Waals surface area contributed by atoms with Gasteiger partial charge in [-0.3, -0.25) is 29.5 Å². The SMILES string of the molecule is COc1cc(C=CC2C3=CCC4C(=O)N(c5ccc(-c6nc7ccccc7o6)cc5)C(=O)C4C3CC3C(=O)N(Nc4ncc(C(F)(F)F)cc4Cl)C(=O)C23c2ccc(Cl)cc2)ccc1O. The van der Waals surface area contributed by atoms with Gasteiger partial charge < -0.3 is 14.3 Å². The van der Waals surface area contributed by atoms with Gasteiger partial charge in [0.2, 0.25) is 17.7 Å². The number of carbonyl (C=O) groups is 4. The van der Waals surface area contributed by atoms with Crippen LogP contribution in [-0.4, -0.2) is 50.8 Å². The molecule has 2 aromatic heterocycles. The Bertz CT molecular complexity index is 3000. The number of para-hydroxylation sites is 2. The Kier molecular flexibility index (Phi) is 10.1. The quantitative estimate of drug-likeness (QED) is 0.111. The summed E-state index contributed by atoms with van der Waals surface area (Å²) >= 11 is 12.7. The number of halogens is 5. The number of carbonyl (C=O) groups excluding carboxylic acids is 4. The predicted molar refractivity (Wildman–Crippen MR) is 233 cm³/mol. The standard InChI is InChI=1S/C48H34Cl2F3N5O7/c1-64-39-20-24(7-19-37(39)59)6-18-33-30-16-17-31-40(45(62)57(43(31)60)29-14-8-25(9-15-29)42-55-36-4-2-3-5-38(36)65-42)32(30)22-34-44(61)58(46(63)47(33,34)26-10-12-28(49)13-11-26)56-41-35(50)21-27(23-54-41)48(51,52)53/h2-16,18-21,23,31-34,40,59H,17,22H2,1H3,(H,54,56). The fourth-order valence-electron chi connectivity index (χ4n) is 10.0. The van der Waals surface area contributed by atoms with Gasteiger partial charge in [0.1, 0.15) is 5.52 Å². The summed E-state index contributed by atoms with van der Waals surface area (Å²) in [5.74, 6) is -6.94. The van der Waals surface area contributed by atoms with E-state index in [0.29, 0.717) is 62.2 Å². The smallest absolute Gasteiger partial charge is 0.417 e. The average Bonchev–Trinajstić information content (AvgIpc) is 3.91. The number of aromatic nitrogens is 2. The molecular formula is C48H34Cl2F3N5O7. The third kappa shape index (κ3) is 6.74. The van der Waals surface area contributed by atoms with Gasteiger partial charge in [-0.2, -0.15) is 18.2 Å². The van der Waals surface area contributed by atoms with Crippen molar-refractivity contribution in [2.75, 3.05) is 17.4 Å². The minimum Gasteiger partial charge on any atom is -0.504 e. The van der Waals surface area contributed by atoms with Crippen LogP contribution < -0.4 is 15.1 Å². The van der Waals surface area contributed by atoms with Gasteiger partial charge in [0.15, 0.2) is 22.9 Å². The first-order chi connectivity index (χ1) is 31.2. The number of methoxy groups -OCH3 is 1. The number of aromatic hydroxyl groups is 1. The number of fused-ring (bicyclic) bond motifs is 5. The molecule has 328 valence electrons. The van der Waals surface area contributed by atoms with Gasteiger partial charge in [-0.25, -0.2) is 9.97 Å². The molecule has 12 nitrogen and oxygen atoms in total. The normalized spacial score (nSPS) is 24.1. The van der Waals surface area contributed by atoms with Crippen molar-refractivity contribution >= 4 is 75.5 Å². The lowest BCUT2D eigenvalue weighted by Crippen LogP contribution is -2.54. The molecule has 2 N–H and O–H groups in total. The highest BCUT2D eigenvalue weighted by Crippen LogP contribution is 2.62. The van der Waals surface area contributed by atoms with E-state index in [2.05, 4.69) is 15.4 Å². The first-order valence-electron chi connectivity index (χ1n) is 20.4. The number of imide groups is 2. The summed E-state index contributed by atoms with van der Waals surface area (Å²) in [5, 5.41) is 10.9. The van der Waals surface area contributed by atoms with Gasteiger partial charge in [0.25, 0.3) is 11.8 Å². The lowest BCUT2D eigenvalue weighted by atomic mass is 9.50. The van der Waals surface area contributed by atoms with Crippen molar-refractivity contribution in [1.82, 2.24) is 15.0 Å². The van der Waals surface area contributed by atoms with E-state index >= 15 is 4.79 Å². The highest BCUT2D eigenvalue weighted by atomic mass is 35.5. The van der Waals surface area contributed by atoms with E-state index in [1.165, 1.54) is 18.1 Å². The third-order valence-electron chi connectivity index (χ3n) is 13.0. The van der Waals surface area contributed by atoms with Crippen LogP contribution in [0, 0.1) is 29.6 Å². The molecule has 4 heterocycles. The topological polar surface area (TPSA) is 155 Å². The molecule has 17 heteroatoms. The number of amides is 4. The van der Waals surface area contributed by atoms with Crippen LogP contribution in [0.15, 0.2) is 125 Å². The van der Waals surface area contributed by atoms with Crippen molar-refractivity contribution in [3.8, 4) is 23.0 Å². The van der Waals surface area contributed by atoms with Gasteiger partial charge in [-0.05, 0) is 96.6 Å². The van der Waals surface area contributed by atoms with E-state index in [9.17, 15) is 32.7 Å². The number of ether oxygens (including phenoxy) is 1. The molecule has 4 aliphatic rings. The van der Waals surface area contributed by atoms with Crippen molar-refractivity contribution in [2.45, 2.75) is 24.4 Å². The molecule has 3 fully saturated rings. The predicted octanol–water partition coefficient (Wildman–Crippen LogP) is 9.66. The third-order valence-corrected chi connectivity index (χ3v) is 13.5. The number of phenols is 1. The Morgan fingerprint density at radius 2 is 1.68 bits per heavy atom. The highest BCUT2D eigenvalue weighted by Gasteiger charge is 2.69. The van der Waals surface area contributed by atoms with Gasteiger partial charge >= 0.3 is 6.18 Å². The maximum Gasteiger partial charge on any atom is 0.417 e. The summed E-state index contributed by atoms with van der Waals surface area (Å²) in [4.78, 5) is 69.2. The zero-order valence-electron chi connectivity index (χ0n) is 33.9. The molecule has 4 amide bonds. The molecule has 0 spiro atoms. The number of rotatable bonds is 8. The van der Waals surface area contributed by atoms with Crippen LogP contribution in [0.4, 0.5) is 24.7 Å². The Morgan fingerprint density at radius 1 is 0.923 bits per heavy atom. The van der Waals surface area contributed by atoms with Crippen LogP contribution in [-0.2, 0) is 30.8 Å². The number of hydrogen-bond donors (Lipinski definition) is 2. The Hall–Kier alpha value is -6.97. The van der Waals surface area contributed by atoms with Crippen LogP contribution in [0.2, 0.25) is 10.0 Å². The van der Waals surface area contributed by atoms with E-state index in [1.54, 1.807) is 78.9 Å². The van der Waals surface area contributed by atoms with Crippen molar-refractivity contribution < 1.29 is 46.6 Å². The molecule has 6 atom stereocenters. The van der Waals surface area contributed by atoms with Crippen LogP contribution in [0.5, 0.6) is 11.5 Å². The zero-order chi connectivity index (χ0) is 45.5. The number of anilines is 2. The fraction of sp³-hybridized carbons (Fsp3) is 0.208. The first-order valence-corrected chi connectivity index (χ1v) is 21.2. The maximum absolute atomic E-state index is 15.4. The lowest BCUT2D eigenvalue weighted by molar-refractivity contribution is -0.139. The molecule has 2 saturated heterocycles. The number of hydrazine groups is 1. The van der Waals surface area contributed by atoms with Crippen LogP contribution >= 0.6 is 23.2 Å². The van der Waals surface area contributed by atoms with Gasteiger partial charge in [0, 0.05) is 22.7 Å². The molecule has 10 rings (SSSR count). The van der Waals surface area contributed by atoms with Gasteiger partial charge in [-0.1, -0.05) is 77.3 Å². The minimum absolute atomic E-state index is 0.0621. The lowest BCUT2D eigenvalue weighted by Gasteiger charge is -2.49. The molecule has 1 saturated carbocycles. The van der Waals surface area contributed by atoms with Crippen LogP contribution in [0.1, 0.15) is 29.5 Å². The molecule has 0 bridgehead atoms. The van der Waals surface area contributed by atoms with E-state index in [4.69, 9.17) is 32.4 Å². The molecule has 2 aliphatic heterocycles. The number of hydrogen-bond acceptors (Lipinski definition) is 10. The van der Waals surface area contributed by atoms with Crippen molar-refractivity contribution in [3.63, 3.8) is 0 Å². The van der Waals surface area contributed by atoms with E-state index in [0.717, 1.165) is 5.01 Å². The molecule has 2 aliphatic carbocycles. The summed E-state index contributed by atoms with van der Waals surface area (Å²) in [6.45, 7) is 0. The number of benzene rings is 4. The molecule has 65 heavy (non-hydrogen) atoms. The first kappa shape index (κ1) is 42.0. The summed E-state index contributed by atoms with van der Waals surface area (Å²) in [6.07, 6.45) is 1.20. The molecule has 4 aromatic carbocycles. The number of oxazole rings is 1. The van der Waals surface area contributed by atoms with E-state index < -0.39 is 75.4 Å². The van der Waals surface area contributed by atoms with Crippen LogP contribution in [0.3, 0.4) is 0 Å². The Morgan fingerprint density at radius 3 is 2.38 bits per heavy atom. The fourth-order valence-corrected chi connectivity index (χ4v) is 10.4. The van der Waals surface area contributed by atoms with Gasteiger partial charge in [0.05, 0.1) is 46.6 Å². The summed E-state index contributed by atoms with van der Waals surface area (Å²) in [7, 11) is 1.40. The summed E-state index contributed by atoms with van der Waals surface area (Å²) in [6, 6.07) is 25.8. The van der Waals surface area contributed by atoms with E-state index in [-0.39, 0.29) is 30.2 Å². The number of phenolic OH excluding ortho intramolecular Hbond substituents is 1. The Labute approximate surface area is 377 Å². The second kappa shape index (κ2) is 15.6. The number of allylic oxidation sites excluding steroid dienone is 3. The second-order valence-electron chi connectivity index (χ2n) is 16.3. The average molecular weight is 921 g/mol. The number of nitrogens with one attached hydrogen (secondary N) is 1. The van der Waals surface area contributed by atoms with Crippen molar-refractivity contribution in [2.24, 2.45) is 29.6 Å². The summed E-state index contributed by atoms with van der Waals surface area (Å²) in [5.41, 5.74) is 3.61. The van der Waals surface area contributed by atoms with Crippen molar-refractivity contribution in [3.05, 3.63) is 148 Å². The largest absolute Gasteiger partial charge is 0.504 e. The number of alkyl halides is 3. The molecule has 0 radical (unpaired) electrons. The zero-order valence-corrected chi connectivity index (χ0v) is 35.4. The van der Waals surface area contributed by atoms with Crippen molar-refractivity contribution in [1.29, 1.82) is 0 Å². The molecule has 6 aromatic rings. The Balaban J connectivity index is 1.07.